The van der Waals surface area contributed by atoms with Crippen molar-refractivity contribution in [3.63, 3.8) is 0 Å². The van der Waals surface area contributed by atoms with Gasteiger partial charge in [-0.25, -0.2) is 0 Å². The summed E-state index contributed by atoms with van der Waals surface area (Å²) >= 11 is 0. The highest BCUT2D eigenvalue weighted by Crippen LogP contribution is 2.59. The highest BCUT2D eigenvalue weighted by atomic mass is 16.3. The van der Waals surface area contributed by atoms with Crippen LogP contribution in [0, 0.1) is 23.2 Å². The first-order valence-corrected chi connectivity index (χ1v) is 13.2. The Balaban J connectivity index is 1.72. The molecule has 3 saturated carbocycles. The van der Waals surface area contributed by atoms with Gasteiger partial charge in [-0.1, -0.05) is 76.3 Å². The lowest BCUT2D eigenvalue weighted by atomic mass is 9.61. The molecule has 0 spiro atoms. The molecule has 0 saturated heterocycles. The molecule has 0 unspecified atom stereocenters. The fourth-order valence-electron chi connectivity index (χ4n) is 6.70. The number of hydrogen-bond donors (Lipinski definition) is 3. The van der Waals surface area contributed by atoms with Crippen molar-refractivity contribution in [3.8, 4) is 0 Å². The summed E-state index contributed by atoms with van der Waals surface area (Å²) in [6.45, 7) is 13.0. The normalized spacial score (nSPS) is 36.9. The van der Waals surface area contributed by atoms with E-state index in [9.17, 15) is 15.3 Å². The molecule has 3 aliphatic rings. The minimum Gasteiger partial charge on any atom is -0.393 e. The molecule has 0 aromatic rings. The molecule has 0 radical (unpaired) electrons. The summed E-state index contributed by atoms with van der Waals surface area (Å²) in [5.41, 5.74) is 2.92. The van der Waals surface area contributed by atoms with Gasteiger partial charge < -0.3 is 15.3 Å². The van der Waals surface area contributed by atoms with Crippen molar-refractivity contribution < 1.29 is 15.3 Å². The Morgan fingerprint density at radius 3 is 2.58 bits per heavy atom. The van der Waals surface area contributed by atoms with Gasteiger partial charge in [-0.05, 0) is 85.7 Å². The van der Waals surface area contributed by atoms with E-state index in [0.717, 1.165) is 30.4 Å². The molecule has 0 aliphatic heterocycles. The highest BCUT2D eigenvalue weighted by molar-refractivity contribution is 5.38. The lowest BCUT2D eigenvalue weighted by Crippen LogP contribution is -2.35. The Morgan fingerprint density at radius 1 is 1.15 bits per heavy atom. The molecular formula is C30H46O3. The molecule has 3 N–H and O–H groups in total. The van der Waals surface area contributed by atoms with Crippen LogP contribution in [-0.2, 0) is 0 Å². The van der Waals surface area contributed by atoms with Gasteiger partial charge in [0, 0.05) is 6.42 Å². The first-order valence-electron chi connectivity index (χ1n) is 13.2. The maximum atomic E-state index is 10.5. The topological polar surface area (TPSA) is 60.7 Å². The largest absolute Gasteiger partial charge is 0.393 e. The molecule has 3 nitrogen and oxygen atoms in total. The molecular weight excluding hydrogens is 408 g/mol. The Labute approximate surface area is 201 Å². The third kappa shape index (κ3) is 5.81. The second kappa shape index (κ2) is 10.9. The molecule has 3 heteroatoms. The predicted molar refractivity (Wildman–Crippen MR) is 138 cm³/mol. The van der Waals surface area contributed by atoms with E-state index in [-0.39, 0.29) is 0 Å². The van der Waals surface area contributed by atoms with E-state index in [2.05, 4.69) is 44.7 Å². The first kappa shape index (κ1) is 26.2. The average Bonchev–Trinajstić information content (AvgIpc) is 3.15. The van der Waals surface area contributed by atoms with Crippen molar-refractivity contribution in [2.24, 2.45) is 23.2 Å². The Morgan fingerprint density at radius 2 is 1.88 bits per heavy atom. The van der Waals surface area contributed by atoms with Crippen molar-refractivity contribution in [1.29, 1.82) is 0 Å². The van der Waals surface area contributed by atoms with Crippen LogP contribution in [0.1, 0.15) is 85.5 Å². The highest BCUT2D eigenvalue weighted by Gasteiger charge is 2.50. The minimum atomic E-state index is -0.689. The van der Waals surface area contributed by atoms with Crippen LogP contribution in [0.15, 0.2) is 59.8 Å². The molecule has 3 aliphatic carbocycles. The summed E-state index contributed by atoms with van der Waals surface area (Å²) in [7, 11) is 0. The van der Waals surface area contributed by atoms with Crippen molar-refractivity contribution >= 4 is 0 Å². The first-order chi connectivity index (χ1) is 15.6. The van der Waals surface area contributed by atoms with E-state index < -0.39 is 17.8 Å². The number of aliphatic hydroxyl groups is 3. The summed E-state index contributed by atoms with van der Waals surface area (Å²) < 4.78 is 0. The van der Waals surface area contributed by atoms with Crippen LogP contribution in [0.3, 0.4) is 0 Å². The zero-order valence-corrected chi connectivity index (χ0v) is 21.3. The van der Waals surface area contributed by atoms with Gasteiger partial charge >= 0.3 is 0 Å². The van der Waals surface area contributed by atoms with Gasteiger partial charge in [-0.2, -0.15) is 0 Å². The van der Waals surface area contributed by atoms with Crippen LogP contribution in [-0.4, -0.2) is 33.1 Å². The van der Waals surface area contributed by atoms with E-state index in [1.807, 2.05) is 26.0 Å². The number of fused-ring (bicyclic) bond motifs is 1. The Bertz CT molecular complexity index is 812. The summed E-state index contributed by atoms with van der Waals surface area (Å²) in [6.07, 6.45) is 20.3. The van der Waals surface area contributed by atoms with Crippen LogP contribution in [0.2, 0.25) is 0 Å². The average molecular weight is 455 g/mol. The molecule has 0 amide bonds. The fraction of sp³-hybridized carbons (Fsp3) is 0.667. The van der Waals surface area contributed by atoms with Gasteiger partial charge in [-0.3, -0.25) is 0 Å². The second-order valence-corrected chi connectivity index (χ2v) is 11.1. The number of hydrogen-bond acceptors (Lipinski definition) is 3. The number of rotatable bonds is 7. The molecule has 3 rings (SSSR count). The molecule has 3 fully saturated rings. The van der Waals surface area contributed by atoms with Gasteiger partial charge in [0.25, 0.3) is 0 Å². The maximum Gasteiger partial charge on any atom is 0.0825 e. The zero-order chi connectivity index (χ0) is 24.2. The third-order valence-corrected chi connectivity index (χ3v) is 9.09. The number of aliphatic hydroxyl groups excluding tert-OH is 2. The van der Waals surface area contributed by atoms with Gasteiger partial charge in [0.05, 0.1) is 17.8 Å². The number of allylic oxidation sites excluding steroid dienone is 6. The molecule has 6 atom stereocenters. The second-order valence-electron chi connectivity index (χ2n) is 11.1. The Hall–Kier alpha value is -1.42. The van der Waals surface area contributed by atoms with E-state index in [1.165, 1.54) is 31.3 Å². The summed E-state index contributed by atoms with van der Waals surface area (Å²) in [5, 5.41) is 30.7. The van der Waals surface area contributed by atoms with Crippen LogP contribution in [0.4, 0.5) is 0 Å². The van der Waals surface area contributed by atoms with Crippen LogP contribution in [0.5, 0.6) is 0 Å². The quantitative estimate of drug-likeness (QED) is 0.389. The lowest BCUT2D eigenvalue weighted by Gasteiger charge is -2.44. The zero-order valence-electron chi connectivity index (χ0n) is 21.3. The van der Waals surface area contributed by atoms with Crippen molar-refractivity contribution in [2.45, 2.75) is 103 Å². The van der Waals surface area contributed by atoms with Gasteiger partial charge in [-0.15, -0.1) is 0 Å². The monoisotopic (exact) mass is 454 g/mol. The van der Waals surface area contributed by atoms with E-state index >= 15 is 0 Å². The standard InChI is InChI=1S/C30H46O3/c1-6-30(33,7-2)18-9-8-11-21(3)26-15-16-27-23(12-10-17-29(26,27)5)13-14-24-19-25(31)20-28(32)22(24)4/h8-9,11,13-14,18,21,25-28,31-33H,4,6-7,10,12,15-17,19-20H2,1-3,5H3/b11-8+,18-9+,23-13+,24-14-/t21-,25-,26-,27+,28+,29-/m0/s1. The van der Waals surface area contributed by atoms with Gasteiger partial charge in [0.15, 0.2) is 0 Å². The molecule has 33 heavy (non-hydrogen) atoms. The van der Waals surface area contributed by atoms with Crippen molar-refractivity contribution in [1.82, 2.24) is 0 Å². The summed E-state index contributed by atoms with van der Waals surface area (Å²) in [5.74, 6) is 1.77. The molecule has 184 valence electrons. The minimum absolute atomic E-state index is 0.312. The van der Waals surface area contributed by atoms with Gasteiger partial charge in [0.2, 0.25) is 0 Å². The van der Waals surface area contributed by atoms with E-state index in [4.69, 9.17) is 0 Å². The van der Waals surface area contributed by atoms with Crippen LogP contribution in [0.25, 0.3) is 0 Å². The molecule has 0 aromatic heterocycles. The van der Waals surface area contributed by atoms with Gasteiger partial charge in [0.1, 0.15) is 0 Å². The van der Waals surface area contributed by atoms with E-state index in [1.54, 1.807) is 0 Å². The Kier molecular flexibility index (Phi) is 8.64. The third-order valence-electron chi connectivity index (χ3n) is 9.09. The maximum absolute atomic E-state index is 10.5. The predicted octanol–water partition coefficient (Wildman–Crippen LogP) is 6.43. The van der Waals surface area contributed by atoms with Crippen molar-refractivity contribution in [2.75, 3.05) is 0 Å². The molecule has 0 aromatic carbocycles. The molecule has 0 bridgehead atoms. The van der Waals surface area contributed by atoms with E-state index in [0.29, 0.717) is 36.0 Å². The smallest absolute Gasteiger partial charge is 0.0825 e. The lowest BCUT2D eigenvalue weighted by molar-refractivity contribution is 0.0827. The SMILES string of the molecule is C=C1/C(=C\C=C2/CCC[C@]3(C)[C@@H]2CC[C@H]3[C@@H](C)/C=C/C=C/C(O)(CC)CC)C[C@H](O)C[C@H]1O. The summed E-state index contributed by atoms with van der Waals surface area (Å²) in [6, 6.07) is 0. The molecule has 0 heterocycles. The van der Waals surface area contributed by atoms with Crippen LogP contribution < -0.4 is 0 Å². The van der Waals surface area contributed by atoms with Crippen molar-refractivity contribution in [3.05, 3.63) is 59.8 Å². The fourth-order valence-corrected chi connectivity index (χ4v) is 6.70. The van der Waals surface area contributed by atoms with Crippen LogP contribution >= 0.6 is 0 Å². The summed E-state index contributed by atoms with van der Waals surface area (Å²) in [4.78, 5) is 0.